The average Bonchev–Trinajstić information content (AvgIpc) is 2.69. The molecule has 0 saturated heterocycles. The summed E-state index contributed by atoms with van der Waals surface area (Å²) in [5.74, 6) is -0.148. The second-order valence-corrected chi connectivity index (χ2v) is 5.76. The first-order valence-electron chi connectivity index (χ1n) is 8.39. The molecule has 1 amide bonds. The van der Waals surface area contributed by atoms with E-state index in [9.17, 15) is 14.0 Å². The van der Waals surface area contributed by atoms with Gasteiger partial charge in [-0.3, -0.25) is 14.2 Å². The second-order valence-electron chi connectivity index (χ2n) is 5.76. The van der Waals surface area contributed by atoms with E-state index in [2.05, 4.69) is 10.3 Å². The molecule has 0 spiro atoms. The summed E-state index contributed by atoms with van der Waals surface area (Å²) >= 11 is 0. The van der Waals surface area contributed by atoms with Gasteiger partial charge in [-0.2, -0.15) is 0 Å². The van der Waals surface area contributed by atoms with Gasteiger partial charge in [-0.15, -0.1) is 0 Å². The number of hydrogen-bond donors (Lipinski definition) is 1. The summed E-state index contributed by atoms with van der Waals surface area (Å²) in [6.45, 7) is 0.370. The molecule has 1 N–H and O–H groups in total. The average molecular weight is 367 g/mol. The molecule has 2 aromatic carbocycles. The minimum absolute atomic E-state index is 0.128. The van der Waals surface area contributed by atoms with E-state index >= 15 is 0 Å². The highest BCUT2D eigenvalue weighted by atomic mass is 19.1. The predicted octanol–water partition coefficient (Wildman–Crippen LogP) is 2.24. The highest BCUT2D eigenvalue weighted by Crippen LogP contribution is 2.13. The van der Waals surface area contributed by atoms with Gasteiger partial charge in [0.2, 0.25) is 5.91 Å². The molecule has 0 aliphatic heterocycles. The summed E-state index contributed by atoms with van der Waals surface area (Å²) in [4.78, 5) is 28.4. The molecule has 1 heterocycles. The summed E-state index contributed by atoms with van der Waals surface area (Å²) < 4.78 is 19.4. The predicted molar refractivity (Wildman–Crippen MR) is 98.8 cm³/mol. The first-order valence-corrected chi connectivity index (χ1v) is 8.39. The summed E-state index contributed by atoms with van der Waals surface area (Å²) in [6.07, 6.45) is 1.36. The van der Waals surface area contributed by atoms with Gasteiger partial charge >= 0.3 is 0 Å². The van der Waals surface area contributed by atoms with Crippen LogP contribution in [0.25, 0.3) is 11.3 Å². The third-order valence-corrected chi connectivity index (χ3v) is 3.77. The van der Waals surface area contributed by atoms with Gasteiger partial charge < -0.3 is 10.1 Å². The van der Waals surface area contributed by atoms with Gasteiger partial charge in [-0.05, 0) is 24.3 Å². The number of nitrogens with zero attached hydrogens (tertiary/aromatic N) is 2. The molecule has 3 aromatic rings. The van der Waals surface area contributed by atoms with Crippen molar-refractivity contribution < 1.29 is 13.9 Å². The molecule has 0 saturated carbocycles. The number of nitrogens with one attached hydrogen (secondary N) is 1. The summed E-state index contributed by atoms with van der Waals surface area (Å²) in [7, 11) is 0. The molecule has 1 aromatic heterocycles. The van der Waals surface area contributed by atoms with Crippen LogP contribution in [0.5, 0.6) is 5.75 Å². The quantitative estimate of drug-likeness (QED) is 0.650. The number of hydrogen-bond acceptors (Lipinski definition) is 4. The van der Waals surface area contributed by atoms with Crippen LogP contribution in [0.15, 0.2) is 71.8 Å². The Bertz CT molecular complexity index is 956. The van der Waals surface area contributed by atoms with Crippen LogP contribution >= 0.6 is 0 Å². The number of amides is 1. The Hall–Kier alpha value is -3.48. The number of benzene rings is 2. The lowest BCUT2D eigenvalue weighted by atomic mass is 10.1. The molecule has 0 unspecified atom stereocenters. The van der Waals surface area contributed by atoms with E-state index in [1.165, 1.54) is 41.2 Å². The standard InChI is InChI=1S/C20H18FN3O3/c21-16-6-8-17(9-7-16)27-11-10-22-19(25)13-24-14-23-18(12-20(24)26)15-4-2-1-3-5-15/h1-9,12,14H,10-11,13H2,(H,22,25). The van der Waals surface area contributed by atoms with Gasteiger partial charge in [0.1, 0.15) is 24.7 Å². The van der Waals surface area contributed by atoms with Crippen molar-refractivity contribution in [2.45, 2.75) is 6.54 Å². The van der Waals surface area contributed by atoms with Crippen molar-refractivity contribution in [3.8, 4) is 17.0 Å². The van der Waals surface area contributed by atoms with Crippen LogP contribution in [0.4, 0.5) is 4.39 Å². The maximum Gasteiger partial charge on any atom is 0.254 e. The molecule has 7 heteroatoms. The van der Waals surface area contributed by atoms with Crippen LogP contribution < -0.4 is 15.6 Å². The van der Waals surface area contributed by atoms with Crippen LogP contribution in [0.2, 0.25) is 0 Å². The van der Waals surface area contributed by atoms with Crippen LogP contribution in [0.3, 0.4) is 0 Å². The fourth-order valence-corrected chi connectivity index (χ4v) is 2.41. The lowest BCUT2D eigenvalue weighted by molar-refractivity contribution is -0.121. The Morgan fingerprint density at radius 2 is 1.85 bits per heavy atom. The Balaban J connectivity index is 1.49. The molecule has 0 bridgehead atoms. The van der Waals surface area contributed by atoms with E-state index in [0.717, 1.165) is 5.56 Å². The maximum absolute atomic E-state index is 12.8. The topological polar surface area (TPSA) is 73.2 Å². The van der Waals surface area contributed by atoms with Crippen molar-refractivity contribution in [1.82, 2.24) is 14.9 Å². The first-order chi connectivity index (χ1) is 13.1. The second kappa shape index (κ2) is 8.75. The molecule has 27 heavy (non-hydrogen) atoms. The van der Waals surface area contributed by atoms with Gasteiger partial charge in [0.05, 0.1) is 18.6 Å². The number of carbonyl (C=O) groups is 1. The molecule has 0 aliphatic rings. The number of rotatable bonds is 7. The molecule has 0 radical (unpaired) electrons. The fraction of sp³-hybridized carbons (Fsp3) is 0.150. The zero-order valence-corrected chi connectivity index (χ0v) is 14.5. The molecule has 0 atom stereocenters. The van der Waals surface area contributed by atoms with Crippen molar-refractivity contribution in [3.63, 3.8) is 0 Å². The van der Waals surface area contributed by atoms with E-state index in [1.807, 2.05) is 30.3 Å². The van der Waals surface area contributed by atoms with Crippen molar-refractivity contribution in [1.29, 1.82) is 0 Å². The van der Waals surface area contributed by atoms with E-state index < -0.39 is 0 Å². The van der Waals surface area contributed by atoms with Gasteiger partial charge in [0.25, 0.3) is 5.56 Å². The Morgan fingerprint density at radius 1 is 1.11 bits per heavy atom. The van der Waals surface area contributed by atoms with Crippen LogP contribution in [-0.4, -0.2) is 28.6 Å². The lowest BCUT2D eigenvalue weighted by Crippen LogP contribution is -2.34. The third kappa shape index (κ3) is 5.24. The van der Waals surface area contributed by atoms with E-state index in [4.69, 9.17) is 4.74 Å². The van der Waals surface area contributed by atoms with Crippen LogP contribution in [0.1, 0.15) is 0 Å². The highest BCUT2D eigenvalue weighted by Gasteiger charge is 2.07. The van der Waals surface area contributed by atoms with Crippen molar-refractivity contribution >= 4 is 5.91 Å². The number of halogens is 1. The molecule has 6 nitrogen and oxygen atoms in total. The highest BCUT2D eigenvalue weighted by molar-refractivity contribution is 5.75. The van der Waals surface area contributed by atoms with E-state index in [0.29, 0.717) is 11.4 Å². The van der Waals surface area contributed by atoms with Crippen molar-refractivity contribution in [2.24, 2.45) is 0 Å². The van der Waals surface area contributed by atoms with Gasteiger partial charge in [-0.1, -0.05) is 30.3 Å². The number of aromatic nitrogens is 2. The van der Waals surface area contributed by atoms with E-state index in [-0.39, 0.29) is 37.0 Å². The summed E-state index contributed by atoms with van der Waals surface area (Å²) in [6, 6.07) is 16.4. The monoisotopic (exact) mass is 367 g/mol. The number of ether oxygens (including phenoxy) is 1. The molecular weight excluding hydrogens is 349 g/mol. The van der Waals surface area contributed by atoms with Crippen molar-refractivity contribution in [3.05, 3.63) is 83.2 Å². The SMILES string of the molecule is O=C(Cn1cnc(-c2ccccc2)cc1=O)NCCOc1ccc(F)cc1. The van der Waals surface area contributed by atoms with Gasteiger partial charge in [0.15, 0.2) is 0 Å². The zero-order valence-electron chi connectivity index (χ0n) is 14.5. The summed E-state index contributed by atoms with van der Waals surface area (Å²) in [5.41, 5.74) is 1.09. The Morgan fingerprint density at radius 3 is 2.56 bits per heavy atom. The van der Waals surface area contributed by atoms with Crippen LogP contribution in [0, 0.1) is 5.82 Å². The molecule has 138 valence electrons. The maximum atomic E-state index is 12.8. The molecule has 3 rings (SSSR count). The van der Waals surface area contributed by atoms with E-state index in [1.54, 1.807) is 0 Å². The van der Waals surface area contributed by atoms with Gasteiger partial charge in [0, 0.05) is 11.6 Å². The Labute approximate surface area is 155 Å². The van der Waals surface area contributed by atoms with Gasteiger partial charge in [-0.25, -0.2) is 9.37 Å². The molecule has 0 aliphatic carbocycles. The fourth-order valence-electron chi connectivity index (χ4n) is 2.41. The smallest absolute Gasteiger partial charge is 0.254 e. The first kappa shape index (κ1) is 18.3. The normalized spacial score (nSPS) is 10.4. The zero-order chi connectivity index (χ0) is 19.1. The largest absolute Gasteiger partial charge is 0.492 e. The van der Waals surface area contributed by atoms with Crippen LogP contribution in [-0.2, 0) is 11.3 Å². The lowest BCUT2D eigenvalue weighted by Gasteiger charge is -2.09. The minimum atomic E-state index is -0.340. The Kier molecular flexibility index (Phi) is 5.94. The third-order valence-electron chi connectivity index (χ3n) is 3.77. The summed E-state index contributed by atoms with van der Waals surface area (Å²) in [5, 5.41) is 2.66. The van der Waals surface area contributed by atoms with Crippen molar-refractivity contribution in [2.75, 3.05) is 13.2 Å². The molecular formula is C20H18FN3O3. The molecule has 0 fully saturated rings. The minimum Gasteiger partial charge on any atom is -0.492 e. The number of carbonyl (C=O) groups excluding carboxylic acids is 1.